The molecule has 2 aromatic heterocycles. The van der Waals surface area contributed by atoms with Gasteiger partial charge in [-0.1, -0.05) is 6.07 Å². The molecule has 2 aliphatic heterocycles. The molecule has 0 N–H and O–H groups in total. The maximum Gasteiger partial charge on any atom is 0.272 e. The van der Waals surface area contributed by atoms with Crippen molar-refractivity contribution < 1.29 is 14.3 Å². The fraction of sp³-hybridized carbons (Fsp3) is 0.450. The molecule has 1 spiro atoms. The van der Waals surface area contributed by atoms with Gasteiger partial charge < -0.3 is 14.4 Å². The van der Waals surface area contributed by atoms with Crippen LogP contribution in [0.5, 0.6) is 0 Å². The predicted molar refractivity (Wildman–Crippen MR) is 95.6 cm³/mol. The van der Waals surface area contributed by atoms with Crippen molar-refractivity contribution in [2.24, 2.45) is 0 Å². The van der Waals surface area contributed by atoms with Crippen LogP contribution in [0.2, 0.25) is 0 Å². The Morgan fingerprint density at radius 2 is 2.12 bits per heavy atom. The molecule has 2 aliphatic rings. The number of nitrogens with zero attached hydrogens (tertiary/aromatic N) is 3. The van der Waals surface area contributed by atoms with Crippen molar-refractivity contribution in [3.8, 4) is 0 Å². The molecule has 6 heteroatoms. The summed E-state index contributed by atoms with van der Waals surface area (Å²) in [6.07, 6.45) is 5.42. The van der Waals surface area contributed by atoms with Crippen molar-refractivity contribution in [2.75, 3.05) is 19.7 Å². The van der Waals surface area contributed by atoms with E-state index in [4.69, 9.17) is 9.47 Å². The molecular weight excluding hydrogens is 330 g/mol. The van der Waals surface area contributed by atoms with Crippen molar-refractivity contribution in [1.82, 2.24) is 14.9 Å². The molecule has 0 radical (unpaired) electrons. The third-order valence-electron chi connectivity index (χ3n) is 5.04. The van der Waals surface area contributed by atoms with E-state index in [1.165, 1.54) is 0 Å². The predicted octanol–water partition coefficient (Wildman–Crippen LogP) is 2.38. The fourth-order valence-corrected chi connectivity index (χ4v) is 3.66. The van der Waals surface area contributed by atoms with Gasteiger partial charge in [0.2, 0.25) is 0 Å². The maximum absolute atomic E-state index is 12.6. The molecule has 2 fully saturated rings. The van der Waals surface area contributed by atoms with Gasteiger partial charge in [-0.25, -0.2) is 4.98 Å². The number of pyridine rings is 2. The highest BCUT2D eigenvalue weighted by atomic mass is 16.5. The Balaban J connectivity index is 1.32. The summed E-state index contributed by atoms with van der Waals surface area (Å²) in [6, 6.07) is 9.46. The van der Waals surface area contributed by atoms with E-state index >= 15 is 0 Å². The molecule has 0 aromatic carbocycles. The first-order valence-electron chi connectivity index (χ1n) is 9.01. The second-order valence-corrected chi connectivity index (χ2v) is 7.14. The van der Waals surface area contributed by atoms with E-state index in [-0.39, 0.29) is 17.6 Å². The van der Waals surface area contributed by atoms with Gasteiger partial charge in [-0.05, 0) is 43.2 Å². The van der Waals surface area contributed by atoms with Crippen LogP contribution < -0.4 is 0 Å². The highest BCUT2D eigenvalue weighted by Gasteiger charge is 2.49. The van der Waals surface area contributed by atoms with Crippen molar-refractivity contribution in [2.45, 2.75) is 38.1 Å². The molecule has 2 saturated heterocycles. The van der Waals surface area contributed by atoms with Gasteiger partial charge in [0.1, 0.15) is 11.3 Å². The van der Waals surface area contributed by atoms with Crippen LogP contribution in [0, 0.1) is 6.92 Å². The minimum Gasteiger partial charge on any atom is -0.373 e. The molecule has 0 saturated carbocycles. The van der Waals surface area contributed by atoms with Crippen LogP contribution in [0.25, 0.3) is 0 Å². The summed E-state index contributed by atoms with van der Waals surface area (Å²) in [5, 5.41) is 0. The first kappa shape index (κ1) is 17.1. The van der Waals surface area contributed by atoms with Crippen LogP contribution >= 0.6 is 0 Å². The van der Waals surface area contributed by atoms with Crippen LogP contribution in [-0.4, -0.2) is 52.2 Å². The number of aryl methyl sites for hydroxylation is 1. The number of hydrogen-bond acceptors (Lipinski definition) is 5. The summed E-state index contributed by atoms with van der Waals surface area (Å²) in [4.78, 5) is 22.7. The summed E-state index contributed by atoms with van der Waals surface area (Å²) in [7, 11) is 0. The molecule has 4 rings (SSSR count). The number of amides is 1. The van der Waals surface area contributed by atoms with E-state index in [1.807, 2.05) is 36.1 Å². The summed E-state index contributed by atoms with van der Waals surface area (Å²) in [6.45, 7) is 4.36. The number of carbonyl (C=O) groups is 1. The number of aromatic nitrogens is 2. The quantitative estimate of drug-likeness (QED) is 0.844. The maximum atomic E-state index is 12.6. The van der Waals surface area contributed by atoms with Crippen molar-refractivity contribution in [1.29, 1.82) is 0 Å². The summed E-state index contributed by atoms with van der Waals surface area (Å²) >= 11 is 0. The average Bonchev–Trinajstić information content (AvgIpc) is 2.65. The van der Waals surface area contributed by atoms with E-state index in [0.717, 1.165) is 24.1 Å². The minimum atomic E-state index is -0.263. The Morgan fingerprint density at radius 1 is 1.31 bits per heavy atom. The first-order chi connectivity index (χ1) is 12.6. The first-order valence-corrected chi connectivity index (χ1v) is 9.01. The molecule has 1 amide bonds. The van der Waals surface area contributed by atoms with Gasteiger partial charge in [0.25, 0.3) is 5.91 Å². The Labute approximate surface area is 153 Å². The van der Waals surface area contributed by atoms with Crippen molar-refractivity contribution >= 4 is 5.91 Å². The number of hydrogen-bond donors (Lipinski definition) is 0. The van der Waals surface area contributed by atoms with Gasteiger partial charge in [0.05, 0.1) is 25.8 Å². The average molecular weight is 353 g/mol. The molecule has 4 heterocycles. The molecular formula is C20H23N3O3. The Bertz CT molecular complexity index is 775. The Hall–Kier alpha value is -2.31. The Morgan fingerprint density at radius 3 is 2.88 bits per heavy atom. The standard InChI is InChI=1S/C20H23N3O3/c1-15-3-2-4-18(22-15)19(24)23-13-20(14-23)11-17(7-10-26-20)25-12-16-5-8-21-9-6-16/h2-6,8-9,17H,7,10-14H2,1H3. The number of ether oxygens (including phenoxy) is 2. The van der Waals surface area contributed by atoms with Gasteiger partial charge in [-0.15, -0.1) is 0 Å². The lowest BCUT2D eigenvalue weighted by atomic mass is 9.84. The number of carbonyl (C=O) groups excluding carboxylic acids is 1. The van der Waals surface area contributed by atoms with Gasteiger partial charge in [0.15, 0.2) is 0 Å². The van der Waals surface area contributed by atoms with Gasteiger partial charge in [-0.3, -0.25) is 9.78 Å². The van der Waals surface area contributed by atoms with Gasteiger partial charge >= 0.3 is 0 Å². The molecule has 0 bridgehead atoms. The number of rotatable bonds is 4. The van der Waals surface area contributed by atoms with E-state index in [0.29, 0.717) is 32.0 Å². The highest BCUT2D eigenvalue weighted by Crippen LogP contribution is 2.36. The summed E-state index contributed by atoms with van der Waals surface area (Å²) < 4.78 is 12.1. The van der Waals surface area contributed by atoms with Gasteiger partial charge in [0, 0.05) is 31.1 Å². The van der Waals surface area contributed by atoms with Crippen LogP contribution in [-0.2, 0) is 16.1 Å². The molecule has 2 aromatic rings. The highest BCUT2D eigenvalue weighted by molar-refractivity contribution is 5.93. The zero-order valence-electron chi connectivity index (χ0n) is 14.9. The molecule has 136 valence electrons. The lowest BCUT2D eigenvalue weighted by molar-refractivity contribution is -0.188. The fourth-order valence-electron chi connectivity index (χ4n) is 3.66. The minimum absolute atomic E-state index is 0.0252. The third kappa shape index (κ3) is 3.61. The van der Waals surface area contributed by atoms with E-state index in [9.17, 15) is 4.79 Å². The van der Waals surface area contributed by atoms with Gasteiger partial charge in [-0.2, -0.15) is 0 Å². The van der Waals surface area contributed by atoms with E-state index in [2.05, 4.69) is 9.97 Å². The van der Waals surface area contributed by atoms with Crippen LogP contribution in [0.15, 0.2) is 42.7 Å². The smallest absolute Gasteiger partial charge is 0.272 e. The summed E-state index contributed by atoms with van der Waals surface area (Å²) in [5.74, 6) is -0.0252. The molecule has 0 aliphatic carbocycles. The van der Waals surface area contributed by atoms with Crippen LogP contribution in [0.3, 0.4) is 0 Å². The second kappa shape index (κ2) is 7.13. The van der Waals surface area contributed by atoms with Crippen LogP contribution in [0.4, 0.5) is 0 Å². The topological polar surface area (TPSA) is 64.6 Å². The monoisotopic (exact) mass is 353 g/mol. The Kier molecular flexibility index (Phi) is 4.70. The SMILES string of the molecule is Cc1cccc(C(=O)N2CC3(CC(OCc4ccncc4)CCO3)C2)n1. The lowest BCUT2D eigenvalue weighted by Gasteiger charge is -2.52. The van der Waals surface area contributed by atoms with Crippen LogP contribution in [0.1, 0.15) is 34.6 Å². The lowest BCUT2D eigenvalue weighted by Crippen LogP contribution is -2.67. The third-order valence-corrected chi connectivity index (χ3v) is 5.04. The van der Waals surface area contributed by atoms with E-state index < -0.39 is 0 Å². The molecule has 1 unspecified atom stereocenters. The van der Waals surface area contributed by atoms with Crippen molar-refractivity contribution in [3.05, 3.63) is 59.7 Å². The summed E-state index contributed by atoms with van der Waals surface area (Å²) in [5.41, 5.74) is 2.21. The molecule has 26 heavy (non-hydrogen) atoms. The second-order valence-electron chi connectivity index (χ2n) is 7.14. The van der Waals surface area contributed by atoms with E-state index in [1.54, 1.807) is 18.5 Å². The zero-order valence-corrected chi connectivity index (χ0v) is 14.9. The normalized spacial score (nSPS) is 21.4. The number of likely N-dealkylation sites (tertiary alicyclic amines) is 1. The largest absolute Gasteiger partial charge is 0.373 e. The van der Waals surface area contributed by atoms with Crippen molar-refractivity contribution in [3.63, 3.8) is 0 Å². The molecule has 6 nitrogen and oxygen atoms in total. The zero-order chi connectivity index (χ0) is 18.0. The molecule has 1 atom stereocenters.